The lowest BCUT2D eigenvalue weighted by Crippen LogP contribution is -2.19. The molecule has 2 aromatic carbocycles. The van der Waals surface area contributed by atoms with Gasteiger partial charge in [-0.25, -0.2) is 9.37 Å². The lowest BCUT2D eigenvalue weighted by atomic mass is 9.89. The molecule has 0 unspecified atom stereocenters. The molecule has 0 atom stereocenters. The van der Waals surface area contributed by atoms with E-state index in [1.165, 1.54) is 30.8 Å². The quantitative estimate of drug-likeness (QED) is 0.232. The number of nitrogens with one attached hydrogen (secondary N) is 2. The van der Waals surface area contributed by atoms with E-state index in [0.717, 1.165) is 35.8 Å². The SMILES string of the molecule is COc1cccc(F)c1-c1cc2nc[nH]c2cc1C(=O)Nc1nnc(SCC2CCC(O)CC2)s1. The number of anilines is 1. The summed E-state index contributed by atoms with van der Waals surface area (Å²) in [6.07, 6.45) is 5.06. The minimum absolute atomic E-state index is 0.171. The normalized spacial score (nSPS) is 18.0. The van der Waals surface area contributed by atoms with Crippen LogP contribution in [0.3, 0.4) is 0 Å². The number of aromatic amines is 1. The molecule has 5 rings (SSSR count). The molecule has 4 aromatic rings. The highest BCUT2D eigenvalue weighted by Gasteiger charge is 2.23. The zero-order valence-electron chi connectivity index (χ0n) is 19.0. The van der Waals surface area contributed by atoms with Crippen LogP contribution in [0.4, 0.5) is 9.52 Å². The van der Waals surface area contributed by atoms with Gasteiger partial charge in [0, 0.05) is 11.3 Å². The molecule has 1 fully saturated rings. The van der Waals surface area contributed by atoms with E-state index in [0.29, 0.717) is 33.4 Å². The van der Waals surface area contributed by atoms with Gasteiger partial charge in [0.15, 0.2) is 4.34 Å². The number of ether oxygens (including phenoxy) is 1. The van der Waals surface area contributed by atoms with E-state index in [2.05, 4.69) is 25.5 Å². The molecule has 1 amide bonds. The number of aromatic nitrogens is 4. The highest BCUT2D eigenvalue weighted by Crippen LogP contribution is 2.37. The van der Waals surface area contributed by atoms with Crippen molar-refractivity contribution in [3.63, 3.8) is 0 Å². The van der Waals surface area contributed by atoms with Gasteiger partial charge < -0.3 is 14.8 Å². The predicted molar refractivity (Wildman–Crippen MR) is 135 cm³/mol. The Bertz CT molecular complexity index is 1350. The Morgan fingerprint density at radius 1 is 1.29 bits per heavy atom. The molecule has 35 heavy (non-hydrogen) atoms. The van der Waals surface area contributed by atoms with E-state index in [1.54, 1.807) is 36.0 Å². The Morgan fingerprint density at radius 3 is 2.91 bits per heavy atom. The topological polar surface area (TPSA) is 113 Å². The fourth-order valence-electron chi connectivity index (χ4n) is 4.30. The molecule has 0 bridgehead atoms. The Labute approximate surface area is 209 Å². The van der Waals surface area contributed by atoms with E-state index in [1.807, 2.05) is 0 Å². The van der Waals surface area contributed by atoms with Gasteiger partial charge in [0.1, 0.15) is 11.6 Å². The van der Waals surface area contributed by atoms with E-state index in [4.69, 9.17) is 4.74 Å². The molecule has 182 valence electrons. The molecule has 1 aliphatic carbocycles. The third-order valence-corrected chi connectivity index (χ3v) is 8.36. The summed E-state index contributed by atoms with van der Waals surface area (Å²) in [6.45, 7) is 0. The minimum Gasteiger partial charge on any atom is -0.496 e. The highest BCUT2D eigenvalue weighted by molar-refractivity contribution is 8.01. The number of halogens is 1. The van der Waals surface area contributed by atoms with Crippen molar-refractivity contribution in [3.8, 4) is 16.9 Å². The van der Waals surface area contributed by atoms with Crippen molar-refractivity contribution in [1.82, 2.24) is 20.2 Å². The van der Waals surface area contributed by atoms with Gasteiger partial charge in [-0.1, -0.05) is 29.2 Å². The van der Waals surface area contributed by atoms with Crippen LogP contribution in [-0.2, 0) is 0 Å². The van der Waals surface area contributed by atoms with Gasteiger partial charge in [-0.3, -0.25) is 10.1 Å². The third kappa shape index (κ3) is 5.16. The largest absolute Gasteiger partial charge is 0.496 e. The number of imidazole rings is 1. The molecule has 2 heterocycles. The number of nitrogens with zero attached hydrogens (tertiary/aromatic N) is 3. The van der Waals surface area contributed by atoms with Crippen molar-refractivity contribution in [1.29, 1.82) is 0 Å². The number of thioether (sulfide) groups is 1. The Balaban J connectivity index is 1.38. The lowest BCUT2D eigenvalue weighted by Gasteiger charge is -2.24. The fraction of sp³-hybridized carbons (Fsp3) is 0.333. The summed E-state index contributed by atoms with van der Waals surface area (Å²) in [4.78, 5) is 20.6. The van der Waals surface area contributed by atoms with Crippen molar-refractivity contribution in [2.45, 2.75) is 36.1 Å². The molecule has 1 aliphatic rings. The maximum absolute atomic E-state index is 14.9. The predicted octanol–water partition coefficient (Wildman–Crippen LogP) is 5.12. The molecule has 8 nitrogen and oxygen atoms in total. The van der Waals surface area contributed by atoms with Crippen LogP contribution in [0.25, 0.3) is 22.2 Å². The number of rotatable bonds is 7. The van der Waals surface area contributed by atoms with E-state index in [-0.39, 0.29) is 17.2 Å². The summed E-state index contributed by atoms with van der Waals surface area (Å²) in [5.41, 5.74) is 2.08. The summed E-state index contributed by atoms with van der Waals surface area (Å²) in [7, 11) is 1.46. The van der Waals surface area contributed by atoms with Gasteiger partial charge in [0.25, 0.3) is 5.91 Å². The van der Waals surface area contributed by atoms with Crippen LogP contribution in [-0.4, -0.2) is 50.1 Å². The highest BCUT2D eigenvalue weighted by atomic mass is 32.2. The van der Waals surface area contributed by atoms with Gasteiger partial charge >= 0.3 is 0 Å². The number of methoxy groups -OCH3 is 1. The van der Waals surface area contributed by atoms with Gasteiger partial charge in [0.05, 0.1) is 41.7 Å². The average molecular weight is 514 g/mol. The number of aliphatic hydroxyl groups is 1. The molecule has 2 aromatic heterocycles. The van der Waals surface area contributed by atoms with E-state index >= 15 is 0 Å². The number of amides is 1. The second-order valence-corrected chi connectivity index (χ2v) is 10.7. The van der Waals surface area contributed by atoms with Crippen LogP contribution >= 0.6 is 23.1 Å². The van der Waals surface area contributed by atoms with Gasteiger partial charge in [-0.15, -0.1) is 10.2 Å². The summed E-state index contributed by atoms with van der Waals surface area (Å²) in [5.74, 6) is 0.834. The van der Waals surface area contributed by atoms with Crippen LogP contribution in [0.1, 0.15) is 36.0 Å². The molecule has 0 saturated heterocycles. The molecule has 0 radical (unpaired) electrons. The Morgan fingerprint density at radius 2 is 2.11 bits per heavy atom. The van der Waals surface area contributed by atoms with Gasteiger partial charge in [-0.05, 0) is 55.9 Å². The molecule has 0 aliphatic heterocycles. The van der Waals surface area contributed by atoms with Crippen LogP contribution < -0.4 is 10.1 Å². The first-order chi connectivity index (χ1) is 17.0. The minimum atomic E-state index is -0.502. The fourth-order valence-corrected chi connectivity index (χ4v) is 6.26. The zero-order valence-corrected chi connectivity index (χ0v) is 20.6. The van der Waals surface area contributed by atoms with Gasteiger partial charge in [0.2, 0.25) is 5.13 Å². The molecule has 0 spiro atoms. The number of H-pyrrole nitrogens is 1. The summed E-state index contributed by atoms with van der Waals surface area (Å²) in [5, 5.41) is 21.2. The Kier molecular flexibility index (Phi) is 6.98. The first-order valence-electron chi connectivity index (χ1n) is 11.3. The zero-order chi connectivity index (χ0) is 24.4. The summed E-state index contributed by atoms with van der Waals surface area (Å²) >= 11 is 2.92. The number of carbonyl (C=O) groups is 1. The number of fused-ring (bicyclic) bond motifs is 1. The second-order valence-electron chi connectivity index (χ2n) is 8.45. The monoisotopic (exact) mass is 513 g/mol. The summed E-state index contributed by atoms with van der Waals surface area (Å²) in [6, 6.07) is 7.85. The Hall–Kier alpha value is -3.02. The van der Waals surface area contributed by atoms with Crippen LogP contribution in [0.15, 0.2) is 41.0 Å². The van der Waals surface area contributed by atoms with Crippen molar-refractivity contribution in [3.05, 3.63) is 48.0 Å². The maximum Gasteiger partial charge on any atom is 0.258 e. The number of carbonyl (C=O) groups excluding carboxylic acids is 1. The number of hydrogen-bond acceptors (Lipinski definition) is 8. The molecule has 1 saturated carbocycles. The molecular formula is C24H24FN5O3S2. The third-order valence-electron chi connectivity index (χ3n) is 6.15. The second kappa shape index (κ2) is 10.3. The van der Waals surface area contributed by atoms with Crippen molar-refractivity contribution < 1.29 is 19.0 Å². The molecule has 11 heteroatoms. The maximum atomic E-state index is 14.9. The first kappa shape index (κ1) is 23.7. The van der Waals surface area contributed by atoms with Crippen LogP contribution in [0.5, 0.6) is 5.75 Å². The van der Waals surface area contributed by atoms with Crippen molar-refractivity contribution in [2.75, 3.05) is 18.2 Å². The lowest BCUT2D eigenvalue weighted by molar-refractivity contribution is 0.102. The number of hydrogen-bond donors (Lipinski definition) is 3. The standard InChI is InChI=1S/C24H24FN5O3S2/c1-33-20-4-2-3-17(25)21(20)15-9-18-19(27-12-26-18)10-16(15)22(32)28-23-29-30-24(35-23)34-11-13-5-7-14(31)8-6-13/h2-4,9-10,12-14,31H,5-8,11H2,1H3,(H,26,27)(H,28,29,32). The molecule has 3 N–H and O–H groups in total. The van der Waals surface area contributed by atoms with Crippen molar-refractivity contribution in [2.24, 2.45) is 5.92 Å². The van der Waals surface area contributed by atoms with Gasteiger partial charge in [-0.2, -0.15) is 0 Å². The molecular weight excluding hydrogens is 489 g/mol. The first-order valence-corrected chi connectivity index (χ1v) is 13.1. The van der Waals surface area contributed by atoms with Crippen LogP contribution in [0, 0.1) is 11.7 Å². The average Bonchev–Trinajstić information content (AvgIpc) is 3.51. The summed E-state index contributed by atoms with van der Waals surface area (Å²) < 4.78 is 21.1. The van der Waals surface area contributed by atoms with E-state index < -0.39 is 11.7 Å². The number of benzene rings is 2. The van der Waals surface area contributed by atoms with E-state index in [9.17, 15) is 14.3 Å². The number of aliphatic hydroxyl groups excluding tert-OH is 1. The van der Waals surface area contributed by atoms with Crippen LogP contribution in [0.2, 0.25) is 0 Å². The van der Waals surface area contributed by atoms with Crippen molar-refractivity contribution >= 4 is 45.2 Å². The smallest absolute Gasteiger partial charge is 0.258 e.